The van der Waals surface area contributed by atoms with Crippen LogP contribution in [0.4, 0.5) is 11.6 Å². The van der Waals surface area contributed by atoms with Crippen molar-refractivity contribution in [2.24, 2.45) is 5.92 Å². The zero-order valence-electron chi connectivity index (χ0n) is 12.4. The van der Waals surface area contributed by atoms with Crippen LogP contribution in [0.2, 0.25) is 0 Å². The topological polar surface area (TPSA) is 76.7 Å². The minimum absolute atomic E-state index is 0.379. The zero-order valence-corrected chi connectivity index (χ0v) is 12.4. The molecule has 108 valence electrons. The fourth-order valence-electron chi connectivity index (χ4n) is 2.21. The molecule has 0 spiro atoms. The molecule has 0 radical (unpaired) electrons. The Labute approximate surface area is 120 Å². The lowest BCUT2D eigenvalue weighted by molar-refractivity contribution is 0.520. The maximum atomic E-state index is 5.68. The lowest BCUT2D eigenvalue weighted by atomic mass is 10.0. The maximum Gasteiger partial charge on any atom is 0.166 e. The third-order valence-electron chi connectivity index (χ3n) is 3.32. The average molecular weight is 273 g/mol. The van der Waals surface area contributed by atoms with Crippen LogP contribution in [0.5, 0.6) is 0 Å². The molecule has 0 aliphatic carbocycles. The summed E-state index contributed by atoms with van der Waals surface area (Å²) in [7, 11) is 0. The number of fused-ring (bicyclic) bond motifs is 1. The van der Waals surface area contributed by atoms with Crippen molar-refractivity contribution in [3.63, 3.8) is 0 Å². The number of nitrogen functional groups attached to an aromatic ring is 1. The highest BCUT2D eigenvalue weighted by Gasteiger charge is 2.08. The van der Waals surface area contributed by atoms with Crippen LogP contribution in [0.25, 0.3) is 11.0 Å². The van der Waals surface area contributed by atoms with Crippen LogP contribution in [0.1, 0.15) is 40.0 Å². The van der Waals surface area contributed by atoms with E-state index in [1.807, 2.05) is 6.07 Å². The second-order valence-electron chi connectivity index (χ2n) is 5.70. The van der Waals surface area contributed by atoms with E-state index in [0.717, 1.165) is 23.5 Å². The highest BCUT2D eigenvalue weighted by molar-refractivity contribution is 5.87. The number of hydrogen-bond donors (Lipinski definition) is 2. The molecular weight excluding hydrogens is 250 g/mol. The number of aromatic nitrogens is 3. The molecule has 2 aromatic rings. The van der Waals surface area contributed by atoms with Gasteiger partial charge in [-0.25, -0.2) is 15.0 Å². The molecule has 0 saturated carbocycles. The van der Waals surface area contributed by atoms with Gasteiger partial charge in [0.05, 0.1) is 5.39 Å². The number of nitrogens with zero attached hydrogens (tertiary/aromatic N) is 3. The molecule has 2 aromatic heterocycles. The van der Waals surface area contributed by atoms with Gasteiger partial charge in [-0.05, 0) is 31.4 Å². The molecule has 2 rings (SSSR count). The van der Waals surface area contributed by atoms with Crippen molar-refractivity contribution in [1.82, 2.24) is 15.0 Å². The highest BCUT2D eigenvalue weighted by atomic mass is 15.1. The van der Waals surface area contributed by atoms with Gasteiger partial charge >= 0.3 is 0 Å². The predicted octanol–water partition coefficient (Wildman–Crippen LogP) is 3.23. The first-order valence-corrected chi connectivity index (χ1v) is 7.20. The first kappa shape index (κ1) is 14.5. The Morgan fingerprint density at radius 3 is 2.70 bits per heavy atom. The fraction of sp³-hybridized carbons (Fsp3) is 0.533. The lowest BCUT2D eigenvalue weighted by Gasteiger charge is -2.16. The Morgan fingerprint density at radius 2 is 1.95 bits per heavy atom. The first-order valence-electron chi connectivity index (χ1n) is 7.20. The molecule has 5 heteroatoms. The standard InChI is InChI=1S/C15H23N5/c1-10(2)5-4-6-11(3)19-14-12-7-8-13(16)20-15(12)18-9-17-14/h7-11H,4-6H2,1-3H3,(H3,16,17,18,19,20). The number of rotatable bonds is 6. The molecule has 0 aliphatic heterocycles. The van der Waals surface area contributed by atoms with Crippen LogP contribution in [-0.4, -0.2) is 21.0 Å². The van der Waals surface area contributed by atoms with E-state index in [2.05, 4.69) is 41.0 Å². The molecule has 3 N–H and O–H groups in total. The third kappa shape index (κ3) is 3.79. The molecule has 5 nitrogen and oxygen atoms in total. The largest absolute Gasteiger partial charge is 0.384 e. The molecule has 0 bridgehead atoms. The maximum absolute atomic E-state index is 5.68. The summed E-state index contributed by atoms with van der Waals surface area (Å²) in [6.45, 7) is 6.69. The monoisotopic (exact) mass is 273 g/mol. The number of pyridine rings is 1. The van der Waals surface area contributed by atoms with Crippen molar-refractivity contribution in [1.29, 1.82) is 0 Å². The smallest absolute Gasteiger partial charge is 0.166 e. The van der Waals surface area contributed by atoms with Gasteiger partial charge in [0.1, 0.15) is 18.0 Å². The summed E-state index contributed by atoms with van der Waals surface area (Å²) in [5.41, 5.74) is 6.31. The summed E-state index contributed by atoms with van der Waals surface area (Å²) in [4.78, 5) is 12.7. The Hall–Kier alpha value is -1.91. The van der Waals surface area contributed by atoms with Gasteiger partial charge in [-0.15, -0.1) is 0 Å². The second-order valence-corrected chi connectivity index (χ2v) is 5.70. The van der Waals surface area contributed by atoms with Gasteiger partial charge in [-0.1, -0.05) is 26.7 Å². The number of nitrogens with two attached hydrogens (primary N) is 1. The SMILES string of the molecule is CC(C)CCCC(C)Nc1ncnc2nc(N)ccc12. The van der Waals surface area contributed by atoms with Gasteiger partial charge < -0.3 is 11.1 Å². The number of hydrogen-bond acceptors (Lipinski definition) is 5. The summed E-state index contributed by atoms with van der Waals surface area (Å²) < 4.78 is 0. The number of nitrogens with one attached hydrogen (secondary N) is 1. The quantitative estimate of drug-likeness (QED) is 0.845. The van der Waals surface area contributed by atoms with E-state index < -0.39 is 0 Å². The average Bonchev–Trinajstić information content (AvgIpc) is 2.38. The van der Waals surface area contributed by atoms with Crippen LogP contribution < -0.4 is 11.1 Å². The molecule has 0 aliphatic rings. The third-order valence-corrected chi connectivity index (χ3v) is 3.32. The summed E-state index contributed by atoms with van der Waals surface area (Å²) in [6.07, 6.45) is 5.14. The van der Waals surface area contributed by atoms with E-state index in [9.17, 15) is 0 Å². The van der Waals surface area contributed by atoms with E-state index in [1.54, 1.807) is 6.07 Å². The van der Waals surface area contributed by atoms with Crippen LogP contribution in [-0.2, 0) is 0 Å². The summed E-state index contributed by atoms with van der Waals surface area (Å²) in [6, 6.07) is 4.07. The normalized spacial score (nSPS) is 12.8. The van der Waals surface area contributed by atoms with Crippen molar-refractivity contribution in [2.45, 2.75) is 46.1 Å². The van der Waals surface area contributed by atoms with Crippen LogP contribution in [0.3, 0.4) is 0 Å². The Kier molecular flexibility index (Phi) is 4.71. The molecule has 20 heavy (non-hydrogen) atoms. The fourth-order valence-corrected chi connectivity index (χ4v) is 2.21. The van der Waals surface area contributed by atoms with Gasteiger partial charge in [0.15, 0.2) is 5.65 Å². The summed E-state index contributed by atoms with van der Waals surface area (Å²) in [5.74, 6) is 2.07. The predicted molar refractivity (Wildman–Crippen MR) is 83.5 cm³/mol. The van der Waals surface area contributed by atoms with Crippen molar-refractivity contribution < 1.29 is 0 Å². The van der Waals surface area contributed by atoms with Gasteiger partial charge in [0.2, 0.25) is 0 Å². The van der Waals surface area contributed by atoms with E-state index in [4.69, 9.17) is 5.73 Å². The second kappa shape index (κ2) is 6.50. The van der Waals surface area contributed by atoms with E-state index in [1.165, 1.54) is 19.2 Å². The minimum atomic E-state index is 0.379. The Bertz CT molecular complexity index is 567. The van der Waals surface area contributed by atoms with Crippen molar-refractivity contribution >= 4 is 22.7 Å². The van der Waals surface area contributed by atoms with Crippen molar-refractivity contribution in [3.05, 3.63) is 18.5 Å². The minimum Gasteiger partial charge on any atom is -0.384 e. The van der Waals surface area contributed by atoms with Crippen LogP contribution in [0.15, 0.2) is 18.5 Å². The molecule has 2 heterocycles. The molecule has 0 aromatic carbocycles. The van der Waals surface area contributed by atoms with Crippen LogP contribution in [0, 0.1) is 5.92 Å². The first-order chi connectivity index (χ1) is 9.56. The van der Waals surface area contributed by atoms with Crippen molar-refractivity contribution in [2.75, 3.05) is 11.1 Å². The summed E-state index contributed by atoms with van der Waals surface area (Å²) in [5, 5.41) is 4.36. The van der Waals surface area contributed by atoms with E-state index >= 15 is 0 Å². The van der Waals surface area contributed by atoms with Crippen molar-refractivity contribution in [3.8, 4) is 0 Å². The van der Waals surface area contributed by atoms with Gasteiger partial charge in [0, 0.05) is 6.04 Å². The summed E-state index contributed by atoms with van der Waals surface area (Å²) >= 11 is 0. The lowest BCUT2D eigenvalue weighted by Crippen LogP contribution is -2.16. The van der Waals surface area contributed by atoms with Gasteiger partial charge in [0.25, 0.3) is 0 Å². The van der Waals surface area contributed by atoms with Gasteiger partial charge in [-0.2, -0.15) is 0 Å². The zero-order chi connectivity index (χ0) is 14.5. The van der Waals surface area contributed by atoms with E-state index in [-0.39, 0.29) is 0 Å². The Morgan fingerprint density at radius 1 is 1.15 bits per heavy atom. The molecule has 1 atom stereocenters. The molecular formula is C15H23N5. The van der Waals surface area contributed by atoms with Gasteiger partial charge in [-0.3, -0.25) is 0 Å². The molecule has 0 fully saturated rings. The number of anilines is 2. The van der Waals surface area contributed by atoms with Crippen LogP contribution >= 0.6 is 0 Å². The Balaban J connectivity index is 2.05. The highest BCUT2D eigenvalue weighted by Crippen LogP contribution is 2.20. The molecule has 1 unspecified atom stereocenters. The molecule has 0 amide bonds. The van der Waals surface area contributed by atoms with E-state index in [0.29, 0.717) is 17.5 Å². The molecule has 0 saturated heterocycles.